The molecule has 0 aliphatic heterocycles. The Morgan fingerprint density at radius 3 is 2.45 bits per heavy atom. The molecule has 29 heavy (non-hydrogen) atoms. The van der Waals surface area contributed by atoms with Crippen molar-refractivity contribution in [2.75, 3.05) is 0 Å². The second-order valence-electron chi connectivity index (χ2n) is 6.68. The lowest BCUT2D eigenvalue weighted by atomic mass is 10.0. The van der Waals surface area contributed by atoms with Gasteiger partial charge in [0.05, 0.1) is 11.6 Å². The van der Waals surface area contributed by atoms with E-state index in [1.807, 2.05) is 60.7 Å². The van der Waals surface area contributed by atoms with Crippen molar-refractivity contribution in [3.63, 3.8) is 0 Å². The topological polar surface area (TPSA) is 33.0 Å². The lowest BCUT2D eigenvalue weighted by Gasteiger charge is -2.09. The summed E-state index contributed by atoms with van der Waals surface area (Å²) in [6, 6.07) is 31.8. The average Bonchev–Trinajstić information content (AvgIpc) is 2.77. The second-order valence-corrected chi connectivity index (χ2v) is 7.11. The first-order valence-corrected chi connectivity index (χ1v) is 9.68. The molecule has 0 spiro atoms. The van der Waals surface area contributed by atoms with Gasteiger partial charge in [-0.25, -0.2) is 0 Å². The van der Waals surface area contributed by atoms with E-state index in [2.05, 4.69) is 30.3 Å². The van der Waals surface area contributed by atoms with E-state index in [9.17, 15) is 5.26 Å². The molecule has 0 heterocycles. The quantitative estimate of drug-likeness (QED) is 0.266. The fraction of sp³-hybridized carbons (Fsp3) is 0.0385. The number of hydrogen-bond donors (Lipinski definition) is 0. The Bertz CT molecular complexity index is 1210. The summed E-state index contributed by atoms with van der Waals surface area (Å²) in [5, 5.41) is 12.5. The summed E-state index contributed by atoms with van der Waals surface area (Å²) in [6.45, 7) is 0.502. The van der Waals surface area contributed by atoms with Gasteiger partial charge in [0, 0.05) is 5.02 Å². The molecule has 4 aromatic rings. The molecule has 0 saturated heterocycles. The highest BCUT2D eigenvalue weighted by Crippen LogP contribution is 2.24. The summed E-state index contributed by atoms with van der Waals surface area (Å²) in [6.07, 6.45) is 1.85. The first-order valence-electron chi connectivity index (χ1n) is 9.30. The molecular formula is C26H18ClNO. The van der Waals surface area contributed by atoms with Crippen LogP contribution in [-0.4, -0.2) is 0 Å². The van der Waals surface area contributed by atoms with Crippen molar-refractivity contribution >= 4 is 34.0 Å². The van der Waals surface area contributed by atoms with Crippen LogP contribution in [0.15, 0.2) is 91.0 Å². The third-order valence-electron chi connectivity index (χ3n) is 4.72. The maximum absolute atomic E-state index is 9.50. The normalized spacial score (nSPS) is 11.2. The maximum Gasteiger partial charge on any atom is 0.119 e. The van der Waals surface area contributed by atoms with E-state index >= 15 is 0 Å². The van der Waals surface area contributed by atoms with E-state index in [1.54, 1.807) is 12.1 Å². The first kappa shape index (κ1) is 18.8. The van der Waals surface area contributed by atoms with Crippen molar-refractivity contribution in [3.8, 4) is 11.8 Å². The zero-order valence-corrected chi connectivity index (χ0v) is 16.4. The summed E-state index contributed by atoms with van der Waals surface area (Å²) in [7, 11) is 0. The van der Waals surface area contributed by atoms with Gasteiger partial charge in [-0.3, -0.25) is 0 Å². The van der Waals surface area contributed by atoms with Gasteiger partial charge in [-0.2, -0.15) is 5.26 Å². The Labute approximate surface area is 175 Å². The SMILES string of the molecule is N#C/C(=C/c1ccc(OCc2cccc3ccccc23)cc1)c1cccc(Cl)c1. The molecule has 140 valence electrons. The third-order valence-corrected chi connectivity index (χ3v) is 4.96. The molecule has 0 amide bonds. The fourth-order valence-corrected chi connectivity index (χ4v) is 3.43. The van der Waals surface area contributed by atoms with Crippen molar-refractivity contribution in [2.45, 2.75) is 6.61 Å². The number of allylic oxidation sites excluding steroid dienone is 1. The smallest absolute Gasteiger partial charge is 0.119 e. The summed E-state index contributed by atoms with van der Waals surface area (Å²) >= 11 is 6.04. The number of halogens is 1. The summed E-state index contributed by atoms with van der Waals surface area (Å²) in [5.41, 5.74) is 3.45. The van der Waals surface area contributed by atoms with Crippen LogP contribution in [-0.2, 0) is 6.61 Å². The van der Waals surface area contributed by atoms with Crippen LogP contribution in [0, 0.1) is 11.3 Å². The van der Waals surface area contributed by atoms with Crippen LogP contribution >= 0.6 is 11.6 Å². The minimum atomic E-state index is 0.502. The van der Waals surface area contributed by atoms with E-state index in [0.29, 0.717) is 17.2 Å². The molecular weight excluding hydrogens is 378 g/mol. The molecule has 0 aromatic heterocycles. The standard InChI is InChI=1S/C26H18ClNO/c27-24-9-4-7-21(16-24)23(17-28)15-19-11-13-25(14-12-19)29-18-22-8-3-6-20-5-1-2-10-26(20)22/h1-16H,18H2/b23-15-. The van der Waals surface area contributed by atoms with E-state index in [0.717, 1.165) is 22.4 Å². The van der Waals surface area contributed by atoms with E-state index in [4.69, 9.17) is 16.3 Å². The molecule has 4 aromatic carbocycles. The number of ether oxygens (including phenoxy) is 1. The third kappa shape index (κ3) is 4.48. The Kier molecular flexibility index (Phi) is 5.61. The van der Waals surface area contributed by atoms with Gasteiger partial charge in [-0.05, 0) is 57.8 Å². The molecule has 0 atom stereocenters. The Morgan fingerprint density at radius 1 is 0.897 bits per heavy atom. The molecule has 3 heteroatoms. The lowest BCUT2D eigenvalue weighted by Crippen LogP contribution is -1.96. The van der Waals surface area contributed by atoms with E-state index in [-0.39, 0.29) is 0 Å². The fourth-order valence-electron chi connectivity index (χ4n) is 3.24. The van der Waals surface area contributed by atoms with Gasteiger partial charge in [0.15, 0.2) is 0 Å². The molecule has 4 rings (SSSR count). The van der Waals surface area contributed by atoms with Crippen LogP contribution in [0.5, 0.6) is 5.75 Å². The summed E-state index contributed by atoms with van der Waals surface area (Å²) < 4.78 is 5.98. The van der Waals surface area contributed by atoms with Crippen LogP contribution < -0.4 is 4.74 Å². The Hall–Kier alpha value is -3.54. The van der Waals surface area contributed by atoms with Crippen LogP contribution in [0.4, 0.5) is 0 Å². The van der Waals surface area contributed by atoms with Crippen molar-refractivity contribution in [3.05, 3.63) is 113 Å². The maximum atomic E-state index is 9.50. The largest absolute Gasteiger partial charge is 0.489 e. The highest BCUT2D eigenvalue weighted by molar-refractivity contribution is 6.30. The zero-order chi connectivity index (χ0) is 20.1. The van der Waals surface area contributed by atoms with Gasteiger partial charge in [0.2, 0.25) is 0 Å². The first-order chi connectivity index (χ1) is 14.2. The molecule has 0 saturated carbocycles. The van der Waals surface area contributed by atoms with Gasteiger partial charge in [-0.1, -0.05) is 78.3 Å². The van der Waals surface area contributed by atoms with E-state index in [1.165, 1.54) is 10.8 Å². The van der Waals surface area contributed by atoms with Crippen molar-refractivity contribution in [1.29, 1.82) is 5.26 Å². The Morgan fingerprint density at radius 2 is 1.66 bits per heavy atom. The number of rotatable bonds is 5. The summed E-state index contributed by atoms with van der Waals surface area (Å²) in [5.74, 6) is 0.788. The van der Waals surface area contributed by atoms with Crippen molar-refractivity contribution in [1.82, 2.24) is 0 Å². The van der Waals surface area contributed by atoms with Gasteiger partial charge in [0.25, 0.3) is 0 Å². The molecule has 0 aliphatic carbocycles. The van der Waals surface area contributed by atoms with Gasteiger partial charge in [-0.15, -0.1) is 0 Å². The average molecular weight is 396 g/mol. The van der Waals surface area contributed by atoms with Crippen LogP contribution in [0.25, 0.3) is 22.4 Å². The molecule has 0 bridgehead atoms. The number of hydrogen-bond acceptors (Lipinski definition) is 2. The molecule has 0 fully saturated rings. The summed E-state index contributed by atoms with van der Waals surface area (Å²) in [4.78, 5) is 0. The minimum Gasteiger partial charge on any atom is -0.489 e. The number of nitrogens with zero attached hydrogens (tertiary/aromatic N) is 1. The lowest BCUT2D eigenvalue weighted by molar-refractivity contribution is 0.307. The van der Waals surface area contributed by atoms with Gasteiger partial charge >= 0.3 is 0 Å². The number of fused-ring (bicyclic) bond motifs is 1. The minimum absolute atomic E-state index is 0.502. The van der Waals surface area contributed by atoms with E-state index < -0.39 is 0 Å². The Balaban J connectivity index is 1.50. The number of benzene rings is 4. The van der Waals surface area contributed by atoms with Gasteiger partial charge < -0.3 is 4.74 Å². The van der Waals surface area contributed by atoms with Crippen molar-refractivity contribution in [2.24, 2.45) is 0 Å². The number of nitriles is 1. The molecule has 0 aliphatic rings. The van der Waals surface area contributed by atoms with Crippen LogP contribution in [0.2, 0.25) is 5.02 Å². The molecule has 2 nitrogen and oxygen atoms in total. The highest BCUT2D eigenvalue weighted by Gasteiger charge is 2.04. The monoisotopic (exact) mass is 395 g/mol. The van der Waals surface area contributed by atoms with Crippen molar-refractivity contribution < 1.29 is 4.74 Å². The zero-order valence-electron chi connectivity index (χ0n) is 15.7. The molecule has 0 N–H and O–H groups in total. The predicted molar refractivity (Wildman–Crippen MR) is 120 cm³/mol. The highest BCUT2D eigenvalue weighted by atomic mass is 35.5. The second kappa shape index (κ2) is 8.65. The molecule has 0 unspecified atom stereocenters. The van der Waals surface area contributed by atoms with Crippen LogP contribution in [0.1, 0.15) is 16.7 Å². The predicted octanol–water partition coefficient (Wildman–Crippen LogP) is 7.14. The van der Waals surface area contributed by atoms with Crippen LogP contribution in [0.3, 0.4) is 0 Å². The van der Waals surface area contributed by atoms with Gasteiger partial charge in [0.1, 0.15) is 12.4 Å². The molecule has 0 radical (unpaired) electrons.